The standard InChI is InChI=1S/C33H32N4O4S/c1-3-4-14-32-35-30-21-26(34-23(2)38)19-20-31(30)37(32)22-24-15-17-25(18-16-24)28-12-8-9-13-29(28)33(39)36-42(40,41)27-10-6-5-7-11-27/h5-13,15-21H,3-4,14,22H2,1-2H3,(H,34,38)(H,36,39). The van der Waals surface area contributed by atoms with Crippen LogP contribution in [0.5, 0.6) is 0 Å². The van der Waals surface area contributed by atoms with Crippen LogP contribution in [0.1, 0.15) is 48.4 Å². The molecule has 5 rings (SSSR count). The van der Waals surface area contributed by atoms with Crippen molar-refractivity contribution in [1.29, 1.82) is 0 Å². The molecule has 0 aliphatic heterocycles. The molecule has 2 amide bonds. The van der Waals surface area contributed by atoms with E-state index in [0.717, 1.165) is 47.2 Å². The smallest absolute Gasteiger partial charge is 0.265 e. The zero-order chi connectivity index (χ0) is 29.7. The van der Waals surface area contributed by atoms with Crippen molar-refractivity contribution in [2.45, 2.75) is 44.6 Å². The van der Waals surface area contributed by atoms with Crippen LogP contribution in [-0.4, -0.2) is 29.8 Å². The first-order valence-corrected chi connectivity index (χ1v) is 15.3. The lowest BCUT2D eigenvalue weighted by Crippen LogP contribution is -2.30. The molecule has 0 bridgehead atoms. The van der Waals surface area contributed by atoms with Gasteiger partial charge in [-0.25, -0.2) is 18.1 Å². The van der Waals surface area contributed by atoms with Gasteiger partial charge in [0.1, 0.15) is 5.82 Å². The summed E-state index contributed by atoms with van der Waals surface area (Å²) in [6.45, 7) is 4.24. The van der Waals surface area contributed by atoms with Gasteiger partial charge in [0.05, 0.1) is 15.9 Å². The zero-order valence-corrected chi connectivity index (χ0v) is 24.3. The van der Waals surface area contributed by atoms with Gasteiger partial charge in [-0.2, -0.15) is 0 Å². The van der Waals surface area contributed by atoms with Crippen molar-refractivity contribution in [2.75, 3.05) is 5.32 Å². The Morgan fingerprint density at radius 2 is 1.60 bits per heavy atom. The molecule has 0 aliphatic carbocycles. The summed E-state index contributed by atoms with van der Waals surface area (Å²) in [7, 11) is -4.01. The van der Waals surface area contributed by atoms with Crippen LogP contribution in [0.4, 0.5) is 5.69 Å². The number of hydrogen-bond acceptors (Lipinski definition) is 5. The number of anilines is 1. The summed E-state index contributed by atoms with van der Waals surface area (Å²) >= 11 is 0. The predicted molar refractivity (Wildman–Crippen MR) is 165 cm³/mol. The second kappa shape index (κ2) is 12.4. The summed E-state index contributed by atoms with van der Waals surface area (Å²) in [6, 6.07) is 28.4. The van der Waals surface area contributed by atoms with Crippen LogP contribution in [0.25, 0.3) is 22.2 Å². The van der Waals surface area contributed by atoms with Crippen LogP contribution in [-0.2, 0) is 27.8 Å². The van der Waals surface area contributed by atoms with E-state index in [-0.39, 0.29) is 16.4 Å². The Kier molecular flexibility index (Phi) is 8.49. The number of benzene rings is 4. The molecule has 0 atom stereocenters. The Balaban J connectivity index is 1.41. The zero-order valence-electron chi connectivity index (χ0n) is 23.5. The van der Waals surface area contributed by atoms with Gasteiger partial charge in [-0.1, -0.05) is 74.0 Å². The molecule has 0 unspecified atom stereocenters. The quantitative estimate of drug-likeness (QED) is 0.205. The third-order valence-corrected chi connectivity index (χ3v) is 8.31. The van der Waals surface area contributed by atoms with Gasteiger partial charge in [0.2, 0.25) is 5.91 Å². The van der Waals surface area contributed by atoms with Crippen LogP contribution in [0.3, 0.4) is 0 Å². The minimum Gasteiger partial charge on any atom is -0.326 e. The molecule has 0 aliphatic rings. The number of rotatable bonds is 10. The van der Waals surface area contributed by atoms with Crippen molar-refractivity contribution in [3.05, 3.63) is 114 Å². The number of fused-ring (bicyclic) bond motifs is 1. The van der Waals surface area contributed by atoms with Crippen molar-refractivity contribution in [2.24, 2.45) is 0 Å². The molecule has 1 heterocycles. The average molecular weight is 581 g/mol. The lowest BCUT2D eigenvalue weighted by Gasteiger charge is -2.13. The van der Waals surface area contributed by atoms with Crippen molar-refractivity contribution >= 4 is 38.6 Å². The van der Waals surface area contributed by atoms with Crippen LogP contribution in [0, 0.1) is 0 Å². The summed E-state index contributed by atoms with van der Waals surface area (Å²) < 4.78 is 29.9. The molecule has 0 radical (unpaired) electrons. The van der Waals surface area contributed by atoms with Gasteiger partial charge in [0.25, 0.3) is 15.9 Å². The third kappa shape index (κ3) is 6.42. The van der Waals surface area contributed by atoms with E-state index < -0.39 is 15.9 Å². The number of imidazole rings is 1. The number of carbonyl (C=O) groups excluding carboxylic acids is 2. The van der Waals surface area contributed by atoms with E-state index in [9.17, 15) is 18.0 Å². The number of unbranched alkanes of at least 4 members (excludes halogenated alkanes) is 1. The molecule has 5 aromatic rings. The van der Waals surface area contributed by atoms with Gasteiger partial charge < -0.3 is 9.88 Å². The first-order valence-electron chi connectivity index (χ1n) is 13.8. The molecular formula is C33H32N4O4S. The van der Waals surface area contributed by atoms with E-state index in [0.29, 0.717) is 17.8 Å². The molecule has 214 valence electrons. The molecule has 4 aromatic carbocycles. The molecule has 8 nitrogen and oxygen atoms in total. The van der Waals surface area contributed by atoms with E-state index in [4.69, 9.17) is 4.98 Å². The third-order valence-electron chi connectivity index (χ3n) is 6.96. The Morgan fingerprint density at radius 1 is 0.881 bits per heavy atom. The molecule has 0 spiro atoms. The second-order valence-corrected chi connectivity index (χ2v) is 11.8. The minimum atomic E-state index is -4.01. The molecule has 1 aromatic heterocycles. The van der Waals surface area contributed by atoms with E-state index >= 15 is 0 Å². The average Bonchev–Trinajstić information content (AvgIpc) is 3.32. The number of aromatic nitrogens is 2. The lowest BCUT2D eigenvalue weighted by atomic mass is 9.98. The Labute approximate surface area is 245 Å². The van der Waals surface area contributed by atoms with Crippen molar-refractivity contribution in [3.63, 3.8) is 0 Å². The Hall–Kier alpha value is -4.76. The maximum atomic E-state index is 13.1. The SMILES string of the molecule is CCCCc1nc2cc(NC(C)=O)ccc2n1Cc1ccc(-c2ccccc2C(=O)NS(=O)(=O)c2ccccc2)cc1. The molecule has 42 heavy (non-hydrogen) atoms. The fraction of sp³-hybridized carbons (Fsp3) is 0.182. The van der Waals surface area contributed by atoms with E-state index in [1.165, 1.54) is 19.1 Å². The van der Waals surface area contributed by atoms with Gasteiger partial charge in [-0.05, 0) is 59.5 Å². The molecule has 0 fully saturated rings. The van der Waals surface area contributed by atoms with Gasteiger partial charge in [0, 0.05) is 31.1 Å². The van der Waals surface area contributed by atoms with Crippen LogP contribution in [0.15, 0.2) is 102 Å². The summed E-state index contributed by atoms with van der Waals surface area (Å²) in [6.07, 6.45) is 2.90. The second-order valence-electron chi connectivity index (χ2n) is 10.1. The lowest BCUT2D eigenvalue weighted by molar-refractivity contribution is -0.114. The number of nitrogens with one attached hydrogen (secondary N) is 2. The number of aryl methyl sites for hydroxylation is 1. The number of carbonyl (C=O) groups is 2. The molecule has 2 N–H and O–H groups in total. The highest BCUT2D eigenvalue weighted by Gasteiger charge is 2.21. The number of nitrogens with zero attached hydrogens (tertiary/aromatic N) is 2. The molecule has 0 saturated heterocycles. The molecule has 0 saturated carbocycles. The normalized spacial score (nSPS) is 11.4. The van der Waals surface area contributed by atoms with E-state index in [2.05, 4.69) is 21.5 Å². The highest BCUT2D eigenvalue weighted by Crippen LogP contribution is 2.27. The monoisotopic (exact) mass is 580 g/mol. The Bertz CT molecular complexity index is 1850. The molecular weight excluding hydrogens is 548 g/mol. The Morgan fingerprint density at radius 3 is 2.31 bits per heavy atom. The molecule has 9 heteroatoms. The van der Waals surface area contributed by atoms with E-state index in [1.807, 2.05) is 48.5 Å². The van der Waals surface area contributed by atoms with Crippen LogP contribution < -0.4 is 10.0 Å². The topological polar surface area (TPSA) is 110 Å². The van der Waals surface area contributed by atoms with Crippen molar-refractivity contribution in [1.82, 2.24) is 14.3 Å². The van der Waals surface area contributed by atoms with Gasteiger partial charge >= 0.3 is 0 Å². The first kappa shape index (κ1) is 28.8. The van der Waals surface area contributed by atoms with Crippen molar-refractivity contribution in [3.8, 4) is 11.1 Å². The summed E-state index contributed by atoms with van der Waals surface area (Å²) in [4.78, 5) is 29.5. The highest BCUT2D eigenvalue weighted by atomic mass is 32.2. The maximum absolute atomic E-state index is 13.1. The van der Waals surface area contributed by atoms with Crippen molar-refractivity contribution < 1.29 is 18.0 Å². The van der Waals surface area contributed by atoms with Gasteiger partial charge in [0.15, 0.2) is 0 Å². The summed E-state index contributed by atoms with van der Waals surface area (Å²) in [5, 5.41) is 2.82. The predicted octanol–water partition coefficient (Wildman–Crippen LogP) is 6.17. The number of hydrogen-bond donors (Lipinski definition) is 2. The van der Waals surface area contributed by atoms with E-state index in [1.54, 1.807) is 36.4 Å². The largest absolute Gasteiger partial charge is 0.326 e. The fourth-order valence-corrected chi connectivity index (χ4v) is 5.89. The van der Waals surface area contributed by atoms with Crippen LogP contribution in [0.2, 0.25) is 0 Å². The first-order chi connectivity index (χ1) is 20.2. The minimum absolute atomic E-state index is 0.0249. The van der Waals surface area contributed by atoms with Crippen LogP contribution >= 0.6 is 0 Å². The highest BCUT2D eigenvalue weighted by molar-refractivity contribution is 7.90. The van der Waals surface area contributed by atoms with Gasteiger partial charge in [-0.3, -0.25) is 9.59 Å². The number of sulfonamides is 1. The fourth-order valence-electron chi connectivity index (χ4n) is 4.90. The number of amides is 2. The summed E-state index contributed by atoms with van der Waals surface area (Å²) in [5.41, 5.74) is 5.27. The van der Waals surface area contributed by atoms with Gasteiger partial charge in [-0.15, -0.1) is 0 Å². The summed E-state index contributed by atoms with van der Waals surface area (Å²) in [5.74, 6) is 0.164. The maximum Gasteiger partial charge on any atom is 0.265 e.